The second-order valence-electron chi connectivity index (χ2n) is 2.98. The van der Waals surface area contributed by atoms with Crippen molar-refractivity contribution in [2.45, 2.75) is 5.75 Å². The number of hydrogen-bond acceptors (Lipinski definition) is 4. The van der Waals surface area contributed by atoms with Crippen molar-refractivity contribution in [3.05, 3.63) is 22.2 Å². The molecule has 0 heterocycles. The molecule has 1 aromatic rings. The van der Waals surface area contributed by atoms with Gasteiger partial charge in [-0.25, -0.2) is 8.42 Å². The summed E-state index contributed by atoms with van der Waals surface area (Å²) in [6.45, 7) is 0. The molecule has 0 aromatic heterocycles. The maximum absolute atomic E-state index is 11.0. The smallest absolute Gasteiger partial charge is 0.236 e. The van der Waals surface area contributed by atoms with Gasteiger partial charge in [0.15, 0.2) is 0 Å². The number of ether oxygens (including phenoxy) is 2. The molecule has 0 bridgehead atoms. The highest BCUT2D eigenvalue weighted by Gasteiger charge is 2.15. The molecule has 7 heteroatoms. The summed E-state index contributed by atoms with van der Waals surface area (Å²) in [6.07, 6.45) is 0. The van der Waals surface area contributed by atoms with E-state index in [-0.39, 0.29) is 5.75 Å². The topological polar surface area (TPSA) is 52.6 Å². The van der Waals surface area contributed by atoms with Crippen LogP contribution in [0.3, 0.4) is 0 Å². The summed E-state index contributed by atoms with van der Waals surface area (Å²) in [5, 5.41) is 0. The van der Waals surface area contributed by atoms with Gasteiger partial charge in [-0.05, 0) is 22.0 Å². The standard InChI is InChI=1S/C9H10BrClO4S/c1-14-8-4-9(15-2)7(10)3-6(8)5-16(11,12)13/h3-4H,5H2,1-2H3. The normalized spacial score (nSPS) is 11.2. The molecule has 0 aliphatic heterocycles. The van der Waals surface area contributed by atoms with Crippen molar-refractivity contribution in [2.24, 2.45) is 0 Å². The third kappa shape index (κ3) is 3.54. The molecule has 0 radical (unpaired) electrons. The molecule has 0 aliphatic carbocycles. The minimum Gasteiger partial charge on any atom is -0.496 e. The third-order valence-corrected chi connectivity index (χ3v) is 3.49. The zero-order valence-electron chi connectivity index (χ0n) is 8.66. The lowest BCUT2D eigenvalue weighted by atomic mass is 10.2. The first-order chi connectivity index (χ1) is 7.37. The van der Waals surface area contributed by atoms with Crippen LogP contribution in [0.1, 0.15) is 5.56 Å². The van der Waals surface area contributed by atoms with Gasteiger partial charge in [-0.15, -0.1) is 0 Å². The van der Waals surface area contributed by atoms with Crippen molar-refractivity contribution in [3.8, 4) is 11.5 Å². The van der Waals surface area contributed by atoms with E-state index < -0.39 is 9.05 Å². The number of rotatable bonds is 4. The van der Waals surface area contributed by atoms with Crippen LogP contribution in [-0.4, -0.2) is 22.6 Å². The molecule has 90 valence electrons. The van der Waals surface area contributed by atoms with Gasteiger partial charge in [-0.3, -0.25) is 0 Å². The van der Waals surface area contributed by atoms with Gasteiger partial charge in [0.05, 0.1) is 24.4 Å². The minimum atomic E-state index is -3.62. The molecule has 4 nitrogen and oxygen atoms in total. The van der Waals surface area contributed by atoms with Crippen LogP contribution in [0.25, 0.3) is 0 Å². The van der Waals surface area contributed by atoms with E-state index in [1.54, 1.807) is 12.1 Å². The van der Waals surface area contributed by atoms with Crippen molar-refractivity contribution >= 4 is 35.7 Å². The highest BCUT2D eigenvalue weighted by atomic mass is 79.9. The van der Waals surface area contributed by atoms with Gasteiger partial charge in [0.1, 0.15) is 11.5 Å². The van der Waals surface area contributed by atoms with E-state index in [0.717, 1.165) is 0 Å². The molecular formula is C9H10BrClO4S. The van der Waals surface area contributed by atoms with Gasteiger partial charge < -0.3 is 9.47 Å². The molecule has 16 heavy (non-hydrogen) atoms. The minimum absolute atomic E-state index is 0.291. The van der Waals surface area contributed by atoms with Gasteiger partial charge in [0.25, 0.3) is 0 Å². The first-order valence-corrected chi connectivity index (χ1v) is 7.47. The highest BCUT2D eigenvalue weighted by molar-refractivity contribution is 9.10. The molecule has 1 rings (SSSR count). The Labute approximate surface area is 107 Å². The van der Waals surface area contributed by atoms with E-state index in [9.17, 15) is 8.42 Å². The average molecular weight is 330 g/mol. The summed E-state index contributed by atoms with van der Waals surface area (Å²) in [6, 6.07) is 3.21. The molecule has 1 aromatic carbocycles. The Morgan fingerprint density at radius 2 is 1.81 bits per heavy atom. The number of methoxy groups -OCH3 is 2. The van der Waals surface area contributed by atoms with Crippen molar-refractivity contribution in [1.82, 2.24) is 0 Å². The van der Waals surface area contributed by atoms with Gasteiger partial charge in [-0.1, -0.05) is 0 Å². The van der Waals surface area contributed by atoms with Crippen LogP contribution < -0.4 is 9.47 Å². The predicted molar refractivity (Wildman–Crippen MR) is 65.7 cm³/mol. The molecule has 0 saturated carbocycles. The Morgan fingerprint density at radius 1 is 1.25 bits per heavy atom. The summed E-state index contributed by atoms with van der Waals surface area (Å²) < 4.78 is 32.8. The van der Waals surface area contributed by atoms with E-state index >= 15 is 0 Å². The van der Waals surface area contributed by atoms with Crippen LogP contribution >= 0.6 is 26.6 Å². The summed E-state index contributed by atoms with van der Waals surface area (Å²) in [4.78, 5) is 0. The lowest BCUT2D eigenvalue weighted by Gasteiger charge is -2.10. The van der Waals surface area contributed by atoms with Gasteiger partial charge in [-0.2, -0.15) is 0 Å². The Bertz CT molecular complexity index is 487. The molecule has 0 amide bonds. The van der Waals surface area contributed by atoms with Crippen molar-refractivity contribution in [2.75, 3.05) is 14.2 Å². The molecular weight excluding hydrogens is 320 g/mol. The molecule has 0 spiro atoms. The quantitative estimate of drug-likeness (QED) is 0.797. The van der Waals surface area contributed by atoms with Gasteiger partial charge >= 0.3 is 0 Å². The second kappa shape index (κ2) is 5.25. The number of benzene rings is 1. The monoisotopic (exact) mass is 328 g/mol. The Balaban J connectivity index is 3.23. The summed E-state index contributed by atoms with van der Waals surface area (Å²) in [5.41, 5.74) is 0.477. The van der Waals surface area contributed by atoms with Crippen LogP contribution in [-0.2, 0) is 14.8 Å². The van der Waals surface area contributed by atoms with Crippen LogP contribution in [0.2, 0.25) is 0 Å². The maximum Gasteiger partial charge on any atom is 0.236 e. The SMILES string of the molecule is COc1cc(OC)c(CS(=O)(=O)Cl)cc1Br. The lowest BCUT2D eigenvalue weighted by molar-refractivity contribution is 0.390. The fourth-order valence-corrected chi connectivity index (χ4v) is 2.72. The molecule has 0 saturated heterocycles. The Morgan fingerprint density at radius 3 is 2.25 bits per heavy atom. The maximum atomic E-state index is 11.0. The zero-order chi connectivity index (χ0) is 12.3. The third-order valence-electron chi connectivity index (χ3n) is 1.88. The molecule has 0 unspecified atom stereocenters. The van der Waals surface area contributed by atoms with E-state index in [1.165, 1.54) is 14.2 Å². The number of hydrogen-bond donors (Lipinski definition) is 0. The van der Waals surface area contributed by atoms with E-state index in [2.05, 4.69) is 15.9 Å². The fourth-order valence-electron chi connectivity index (χ4n) is 1.22. The summed E-state index contributed by atoms with van der Waals surface area (Å²) in [5.74, 6) is 0.692. The molecule has 0 fully saturated rings. The van der Waals surface area contributed by atoms with Crippen LogP contribution in [0.15, 0.2) is 16.6 Å². The van der Waals surface area contributed by atoms with Crippen molar-refractivity contribution in [3.63, 3.8) is 0 Å². The van der Waals surface area contributed by atoms with E-state index in [1.807, 2.05) is 0 Å². The van der Waals surface area contributed by atoms with Crippen molar-refractivity contribution in [1.29, 1.82) is 0 Å². The second-order valence-corrected chi connectivity index (χ2v) is 6.61. The molecule has 0 N–H and O–H groups in total. The van der Waals surface area contributed by atoms with Gasteiger partial charge in [0.2, 0.25) is 9.05 Å². The fraction of sp³-hybridized carbons (Fsp3) is 0.333. The highest BCUT2D eigenvalue weighted by Crippen LogP contribution is 2.34. The molecule has 0 atom stereocenters. The molecule has 0 aliphatic rings. The van der Waals surface area contributed by atoms with E-state index in [4.69, 9.17) is 20.2 Å². The Kier molecular flexibility index (Phi) is 4.46. The summed E-state index contributed by atoms with van der Waals surface area (Å²) in [7, 11) is 4.54. The average Bonchev–Trinajstić information content (AvgIpc) is 2.16. The van der Waals surface area contributed by atoms with E-state index in [0.29, 0.717) is 21.5 Å². The van der Waals surface area contributed by atoms with Crippen molar-refractivity contribution < 1.29 is 17.9 Å². The van der Waals surface area contributed by atoms with Crippen LogP contribution in [0, 0.1) is 0 Å². The first kappa shape index (κ1) is 13.6. The van der Waals surface area contributed by atoms with Crippen LogP contribution in [0.4, 0.5) is 0 Å². The van der Waals surface area contributed by atoms with Crippen LogP contribution in [0.5, 0.6) is 11.5 Å². The number of halogens is 2. The predicted octanol–water partition coefficient (Wildman–Crippen LogP) is 2.53. The summed E-state index contributed by atoms with van der Waals surface area (Å²) >= 11 is 3.26. The Hall–Kier alpha value is -0.460. The first-order valence-electron chi connectivity index (χ1n) is 4.20. The van der Waals surface area contributed by atoms with Gasteiger partial charge in [0, 0.05) is 22.3 Å². The lowest BCUT2D eigenvalue weighted by Crippen LogP contribution is -1.99. The largest absolute Gasteiger partial charge is 0.496 e. The zero-order valence-corrected chi connectivity index (χ0v) is 11.8.